The van der Waals surface area contributed by atoms with Gasteiger partial charge in [0.25, 0.3) is 5.91 Å². The number of methoxy groups -OCH3 is 1. The predicted molar refractivity (Wildman–Crippen MR) is 81.1 cm³/mol. The minimum Gasteiger partial charge on any atom is -0.493 e. The Balaban J connectivity index is 2.66. The molecule has 0 aromatic heterocycles. The molecule has 1 aromatic carbocycles. The predicted octanol–water partition coefficient (Wildman–Crippen LogP) is 2.48. The summed E-state index contributed by atoms with van der Waals surface area (Å²) < 4.78 is 10.8. The van der Waals surface area contributed by atoms with Crippen LogP contribution in [0.3, 0.4) is 0 Å². The van der Waals surface area contributed by atoms with Gasteiger partial charge in [0.1, 0.15) is 0 Å². The zero-order valence-electron chi connectivity index (χ0n) is 12.6. The fourth-order valence-corrected chi connectivity index (χ4v) is 1.69. The van der Waals surface area contributed by atoms with Crippen LogP contribution in [-0.2, 0) is 4.79 Å². The zero-order chi connectivity index (χ0) is 15.7. The third-order valence-electron chi connectivity index (χ3n) is 2.88. The summed E-state index contributed by atoms with van der Waals surface area (Å²) in [7, 11) is 3.21. The molecule has 0 aliphatic carbocycles. The van der Waals surface area contributed by atoms with Crippen molar-refractivity contribution in [2.45, 2.75) is 13.3 Å². The first kappa shape index (κ1) is 16.6. The molecule has 0 spiro atoms. The van der Waals surface area contributed by atoms with Crippen molar-refractivity contribution in [3.8, 4) is 17.6 Å². The number of likely N-dealkylation sites (N-methyl/N-ethyl adjacent to an activating group) is 1. The Bertz CT molecular complexity index is 547. The van der Waals surface area contributed by atoms with Crippen LogP contribution in [-0.4, -0.2) is 38.1 Å². The van der Waals surface area contributed by atoms with Gasteiger partial charge in [-0.15, -0.1) is 0 Å². The van der Waals surface area contributed by atoms with Crippen LogP contribution in [0.25, 0.3) is 6.08 Å². The van der Waals surface area contributed by atoms with Crippen LogP contribution in [0, 0.1) is 11.3 Å². The molecule has 5 nitrogen and oxygen atoms in total. The lowest BCUT2D eigenvalue weighted by molar-refractivity contribution is -0.132. The summed E-state index contributed by atoms with van der Waals surface area (Å²) in [5, 5.41) is 8.50. The lowest BCUT2D eigenvalue weighted by Gasteiger charge is -2.16. The summed E-state index contributed by atoms with van der Waals surface area (Å²) in [6.45, 7) is 2.25. The summed E-state index contributed by atoms with van der Waals surface area (Å²) >= 11 is 0. The van der Waals surface area contributed by atoms with Crippen LogP contribution in [0.1, 0.15) is 18.9 Å². The van der Waals surface area contributed by atoms with E-state index in [1.165, 1.54) is 4.90 Å². The number of amides is 1. The minimum absolute atomic E-state index is 0.0821. The van der Waals surface area contributed by atoms with Crippen molar-refractivity contribution in [2.24, 2.45) is 0 Å². The first-order valence-corrected chi connectivity index (χ1v) is 6.66. The molecule has 0 unspecified atom stereocenters. The molecule has 0 bridgehead atoms. The van der Waals surface area contributed by atoms with E-state index >= 15 is 0 Å². The number of carbonyl (C=O) groups is 1. The fourth-order valence-electron chi connectivity index (χ4n) is 1.69. The Kier molecular flexibility index (Phi) is 6.82. The first-order valence-electron chi connectivity index (χ1n) is 6.66. The van der Waals surface area contributed by atoms with E-state index in [1.807, 2.05) is 37.3 Å². The molecule has 0 radical (unpaired) electrons. The molecule has 21 heavy (non-hydrogen) atoms. The van der Waals surface area contributed by atoms with Crippen molar-refractivity contribution in [1.82, 2.24) is 4.90 Å². The monoisotopic (exact) mass is 288 g/mol. The summed E-state index contributed by atoms with van der Waals surface area (Å²) in [6, 6.07) is 7.51. The van der Waals surface area contributed by atoms with E-state index < -0.39 is 0 Å². The van der Waals surface area contributed by atoms with Crippen LogP contribution in [0.5, 0.6) is 11.5 Å². The van der Waals surface area contributed by atoms with E-state index in [-0.39, 0.29) is 12.5 Å². The number of allylic oxidation sites excluding steroid dienone is 1. The quantitative estimate of drug-likeness (QED) is 0.773. The van der Waals surface area contributed by atoms with E-state index in [4.69, 9.17) is 14.7 Å². The molecule has 1 amide bonds. The molecule has 0 fully saturated rings. The number of benzene rings is 1. The number of ether oxygens (including phenoxy) is 2. The van der Waals surface area contributed by atoms with Gasteiger partial charge in [0.05, 0.1) is 19.6 Å². The number of nitrogens with zero attached hydrogens (tertiary/aromatic N) is 2. The van der Waals surface area contributed by atoms with Crippen molar-refractivity contribution in [3.05, 3.63) is 29.8 Å². The average Bonchev–Trinajstić information content (AvgIpc) is 2.51. The molecule has 0 saturated heterocycles. The molecular weight excluding hydrogens is 268 g/mol. The number of nitriles is 1. The highest BCUT2D eigenvalue weighted by molar-refractivity contribution is 5.77. The third-order valence-corrected chi connectivity index (χ3v) is 2.88. The summed E-state index contributed by atoms with van der Waals surface area (Å²) in [6.07, 6.45) is 4.19. The Morgan fingerprint density at radius 2 is 2.19 bits per heavy atom. The van der Waals surface area contributed by atoms with Crippen LogP contribution in [0.4, 0.5) is 0 Å². The van der Waals surface area contributed by atoms with E-state index in [0.717, 1.165) is 5.56 Å². The SMILES string of the molecule is C/C=C/c1ccc(OCC(=O)N(C)CCC#N)c(OC)c1. The number of hydrogen-bond acceptors (Lipinski definition) is 4. The second-order valence-corrected chi connectivity index (χ2v) is 4.42. The van der Waals surface area contributed by atoms with Crippen molar-refractivity contribution >= 4 is 12.0 Å². The highest BCUT2D eigenvalue weighted by atomic mass is 16.5. The van der Waals surface area contributed by atoms with Crippen LogP contribution < -0.4 is 9.47 Å². The lowest BCUT2D eigenvalue weighted by Crippen LogP contribution is -2.32. The molecule has 0 atom stereocenters. The van der Waals surface area contributed by atoms with Gasteiger partial charge in [-0.1, -0.05) is 18.2 Å². The van der Waals surface area contributed by atoms with Gasteiger partial charge in [0, 0.05) is 13.6 Å². The lowest BCUT2D eigenvalue weighted by atomic mass is 10.2. The Labute approximate surface area is 125 Å². The number of rotatable bonds is 7. The number of hydrogen-bond donors (Lipinski definition) is 0. The molecule has 0 saturated carbocycles. The van der Waals surface area contributed by atoms with Gasteiger partial charge in [-0.25, -0.2) is 0 Å². The van der Waals surface area contributed by atoms with Gasteiger partial charge in [-0.2, -0.15) is 5.26 Å². The maximum absolute atomic E-state index is 11.8. The zero-order valence-corrected chi connectivity index (χ0v) is 12.6. The highest BCUT2D eigenvalue weighted by Gasteiger charge is 2.11. The van der Waals surface area contributed by atoms with E-state index in [2.05, 4.69) is 0 Å². The van der Waals surface area contributed by atoms with E-state index in [1.54, 1.807) is 20.2 Å². The second kappa shape index (κ2) is 8.64. The van der Waals surface area contributed by atoms with Gasteiger partial charge in [0.2, 0.25) is 0 Å². The molecular formula is C16H20N2O3. The molecule has 0 heterocycles. The highest BCUT2D eigenvalue weighted by Crippen LogP contribution is 2.28. The molecule has 0 aliphatic rings. The maximum Gasteiger partial charge on any atom is 0.260 e. The van der Waals surface area contributed by atoms with E-state index in [9.17, 15) is 4.79 Å². The molecule has 0 N–H and O–H groups in total. The molecule has 1 aromatic rings. The van der Waals surface area contributed by atoms with Gasteiger partial charge >= 0.3 is 0 Å². The van der Waals surface area contributed by atoms with Crippen LogP contribution in [0.2, 0.25) is 0 Å². The van der Waals surface area contributed by atoms with Crippen LogP contribution >= 0.6 is 0 Å². The Morgan fingerprint density at radius 3 is 2.81 bits per heavy atom. The van der Waals surface area contributed by atoms with Crippen molar-refractivity contribution in [1.29, 1.82) is 5.26 Å². The molecule has 5 heteroatoms. The smallest absolute Gasteiger partial charge is 0.260 e. The number of carbonyl (C=O) groups excluding carboxylic acids is 1. The van der Waals surface area contributed by atoms with Crippen molar-refractivity contribution in [2.75, 3.05) is 27.3 Å². The topological polar surface area (TPSA) is 62.6 Å². The molecule has 0 aliphatic heterocycles. The van der Waals surface area contributed by atoms with Crippen molar-refractivity contribution in [3.63, 3.8) is 0 Å². The van der Waals surface area contributed by atoms with Gasteiger partial charge in [-0.05, 0) is 24.6 Å². The normalized spacial score (nSPS) is 10.2. The summed E-state index contributed by atoms with van der Waals surface area (Å²) in [4.78, 5) is 13.3. The van der Waals surface area contributed by atoms with Crippen molar-refractivity contribution < 1.29 is 14.3 Å². The molecule has 112 valence electrons. The second-order valence-electron chi connectivity index (χ2n) is 4.42. The molecule has 1 rings (SSSR count). The summed E-state index contributed by atoms with van der Waals surface area (Å²) in [5.74, 6) is 0.927. The minimum atomic E-state index is -0.176. The largest absolute Gasteiger partial charge is 0.493 e. The average molecular weight is 288 g/mol. The van der Waals surface area contributed by atoms with Gasteiger partial charge in [-0.3, -0.25) is 4.79 Å². The third kappa shape index (κ3) is 5.19. The Morgan fingerprint density at radius 1 is 1.43 bits per heavy atom. The Hall–Kier alpha value is -2.48. The van der Waals surface area contributed by atoms with E-state index in [0.29, 0.717) is 24.5 Å². The van der Waals surface area contributed by atoms with Crippen LogP contribution in [0.15, 0.2) is 24.3 Å². The van der Waals surface area contributed by atoms with Gasteiger partial charge < -0.3 is 14.4 Å². The summed E-state index contributed by atoms with van der Waals surface area (Å²) in [5.41, 5.74) is 0.999. The maximum atomic E-state index is 11.8. The fraction of sp³-hybridized carbons (Fsp3) is 0.375. The van der Waals surface area contributed by atoms with Gasteiger partial charge in [0.15, 0.2) is 18.1 Å². The first-order chi connectivity index (χ1) is 10.1. The standard InChI is InChI=1S/C16H20N2O3/c1-4-6-13-7-8-14(15(11-13)20-3)21-12-16(19)18(2)10-5-9-17/h4,6-8,11H,5,10,12H2,1-3H3/b6-4+.